The Hall–Kier alpha value is -3.22. The van der Waals surface area contributed by atoms with Gasteiger partial charge < -0.3 is 15.4 Å². The van der Waals surface area contributed by atoms with Crippen molar-refractivity contribution in [3.63, 3.8) is 0 Å². The van der Waals surface area contributed by atoms with Crippen LogP contribution in [0.2, 0.25) is 0 Å². The standard InChI is InChI=1S/C20H21FN2O4/c1-27-19(25)13-17(14-7-9-16(21)10-8-14)23-18(24)11-12-22-20(26)15-5-3-2-4-6-15/h2-10,17H,11-13H2,1H3,(H,22,26)(H,23,24). The Bertz CT molecular complexity index is 778. The molecule has 6 nitrogen and oxygen atoms in total. The fourth-order valence-corrected chi connectivity index (χ4v) is 2.44. The minimum Gasteiger partial charge on any atom is -0.469 e. The number of hydrogen-bond donors (Lipinski definition) is 2. The summed E-state index contributed by atoms with van der Waals surface area (Å²) in [5, 5.41) is 5.38. The molecule has 27 heavy (non-hydrogen) atoms. The average Bonchev–Trinajstić information content (AvgIpc) is 2.68. The van der Waals surface area contributed by atoms with Crippen molar-refractivity contribution < 1.29 is 23.5 Å². The first-order valence-electron chi connectivity index (χ1n) is 8.44. The van der Waals surface area contributed by atoms with E-state index in [-0.39, 0.29) is 31.2 Å². The van der Waals surface area contributed by atoms with E-state index >= 15 is 0 Å². The van der Waals surface area contributed by atoms with E-state index in [4.69, 9.17) is 0 Å². The van der Waals surface area contributed by atoms with Crippen molar-refractivity contribution in [3.8, 4) is 0 Å². The van der Waals surface area contributed by atoms with Crippen molar-refractivity contribution in [2.24, 2.45) is 0 Å². The predicted molar refractivity (Wildman–Crippen MR) is 97.3 cm³/mol. The SMILES string of the molecule is COC(=O)CC(NC(=O)CCNC(=O)c1ccccc1)c1ccc(F)cc1. The second kappa shape index (κ2) is 10.1. The van der Waals surface area contributed by atoms with Gasteiger partial charge in [-0.2, -0.15) is 0 Å². The molecule has 1 unspecified atom stereocenters. The van der Waals surface area contributed by atoms with E-state index in [0.29, 0.717) is 11.1 Å². The zero-order valence-corrected chi connectivity index (χ0v) is 14.9. The van der Waals surface area contributed by atoms with E-state index < -0.39 is 17.8 Å². The monoisotopic (exact) mass is 372 g/mol. The first-order chi connectivity index (χ1) is 13.0. The van der Waals surface area contributed by atoms with Crippen LogP contribution in [0.4, 0.5) is 4.39 Å². The molecule has 0 fully saturated rings. The molecular formula is C20H21FN2O4. The third-order valence-electron chi connectivity index (χ3n) is 3.88. The van der Waals surface area contributed by atoms with E-state index in [1.807, 2.05) is 0 Å². The highest BCUT2D eigenvalue weighted by Crippen LogP contribution is 2.18. The van der Waals surface area contributed by atoms with Gasteiger partial charge in [0.1, 0.15) is 5.82 Å². The summed E-state index contributed by atoms with van der Waals surface area (Å²) in [4.78, 5) is 35.7. The van der Waals surface area contributed by atoms with Crippen LogP contribution in [0.3, 0.4) is 0 Å². The van der Waals surface area contributed by atoms with Crippen LogP contribution in [0.15, 0.2) is 54.6 Å². The molecule has 142 valence electrons. The van der Waals surface area contributed by atoms with Gasteiger partial charge in [-0.3, -0.25) is 14.4 Å². The summed E-state index contributed by atoms with van der Waals surface area (Å²) in [7, 11) is 1.25. The third-order valence-corrected chi connectivity index (χ3v) is 3.88. The summed E-state index contributed by atoms with van der Waals surface area (Å²) < 4.78 is 17.8. The zero-order chi connectivity index (χ0) is 19.6. The summed E-state index contributed by atoms with van der Waals surface area (Å²) in [5.74, 6) is -1.53. The normalized spacial score (nSPS) is 11.3. The number of rotatable bonds is 8. The lowest BCUT2D eigenvalue weighted by atomic mass is 10.0. The first-order valence-corrected chi connectivity index (χ1v) is 8.44. The van der Waals surface area contributed by atoms with Gasteiger partial charge in [0.2, 0.25) is 5.91 Å². The third kappa shape index (κ3) is 6.54. The molecule has 2 amide bonds. The number of nitrogens with one attached hydrogen (secondary N) is 2. The van der Waals surface area contributed by atoms with Crippen LogP contribution in [0, 0.1) is 5.82 Å². The number of ether oxygens (including phenoxy) is 1. The maximum atomic E-state index is 13.1. The van der Waals surface area contributed by atoms with Crippen LogP contribution >= 0.6 is 0 Å². The van der Waals surface area contributed by atoms with Crippen LogP contribution in [-0.2, 0) is 14.3 Å². The van der Waals surface area contributed by atoms with E-state index in [2.05, 4.69) is 15.4 Å². The fourth-order valence-electron chi connectivity index (χ4n) is 2.44. The van der Waals surface area contributed by atoms with Crippen LogP contribution in [-0.4, -0.2) is 31.4 Å². The molecule has 2 aromatic rings. The van der Waals surface area contributed by atoms with Gasteiger partial charge >= 0.3 is 5.97 Å². The zero-order valence-electron chi connectivity index (χ0n) is 14.9. The summed E-state index contributed by atoms with van der Waals surface area (Å²) in [6, 6.07) is 13.5. The molecule has 0 aliphatic carbocycles. The molecule has 2 N–H and O–H groups in total. The number of halogens is 1. The minimum absolute atomic E-state index is 0.0391. The van der Waals surface area contributed by atoms with E-state index in [0.717, 1.165) is 0 Å². The summed E-state index contributed by atoms with van der Waals surface area (Å²) >= 11 is 0. The van der Waals surface area contributed by atoms with Crippen molar-refractivity contribution in [2.75, 3.05) is 13.7 Å². The van der Waals surface area contributed by atoms with Crippen LogP contribution in [0.5, 0.6) is 0 Å². The maximum absolute atomic E-state index is 13.1. The highest BCUT2D eigenvalue weighted by atomic mass is 19.1. The van der Waals surface area contributed by atoms with E-state index in [9.17, 15) is 18.8 Å². The fraction of sp³-hybridized carbons (Fsp3) is 0.250. The Morgan fingerprint density at radius 2 is 1.70 bits per heavy atom. The van der Waals surface area contributed by atoms with Crippen molar-refractivity contribution in [1.29, 1.82) is 0 Å². The Kier molecular flexibility index (Phi) is 7.49. The predicted octanol–water partition coefficient (Wildman–Crippen LogP) is 2.37. The van der Waals surface area contributed by atoms with Crippen molar-refractivity contribution in [3.05, 3.63) is 71.5 Å². The smallest absolute Gasteiger partial charge is 0.307 e. The number of amides is 2. The van der Waals surface area contributed by atoms with Crippen molar-refractivity contribution in [2.45, 2.75) is 18.9 Å². The molecule has 2 aromatic carbocycles. The van der Waals surface area contributed by atoms with E-state index in [1.165, 1.54) is 31.4 Å². The Morgan fingerprint density at radius 3 is 2.33 bits per heavy atom. The number of hydrogen-bond acceptors (Lipinski definition) is 4. The van der Waals surface area contributed by atoms with Gasteiger partial charge in [0.25, 0.3) is 5.91 Å². The molecule has 0 radical (unpaired) electrons. The van der Waals surface area contributed by atoms with Gasteiger partial charge in [0.15, 0.2) is 0 Å². The summed E-state index contributed by atoms with van der Waals surface area (Å²) in [6.45, 7) is 0.147. The summed E-state index contributed by atoms with van der Waals surface area (Å²) in [6.07, 6.45) is -0.0400. The number of carbonyl (C=O) groups excluding carboxylic acids is 3. The molecule has 0 saturated carbocycles. The van der Waals surface area contributed by atoms with Gasteiger partial charge in [-0.15, -0.1) is 0 Å². The lowest BCUT2D eigenvalue weighted by molar-refractivity contribution is -0.141. The highest BCUT2D eigenvalue weighted by molar-refractivity contribution is 5.94. The molecule has 0 saturated heterocycles. The largest absolute Gasteiger partial charge is 0.469 e. The second-order valence-corrected chi connectivity index (χ2v) is 5.82. The number of carbonyl (C=O) groups is 3. The van der Waals surface area contributed by atoms with Gasteiger partial charge in [-0.25, -0.2) is 4.39 Å². The molecular weight excluding hydrogens is 351 g/mol. The average molecular weight is 372 g/mol. The van der Waals surface area contributed by atoms with Gasteiger partial charge in [-0.05, 0) is 29.8 Å². The Balaban J connectivity index is 1.90. The number of benzene rings is 2. The van der Waals surface area contributed by atoms with Gasteiger partial charge in [0, 0.05) is 18.5 Å². The molecule has 0 bridgehead atoms. The van der Waals surface area contributed by atoms with Crippen LogP contribution < -0.4 is 10.6 Å². The van der Waals surface area contributed by atoms with Gasteiger partial charge in [0.05, 0.1) is 19.6 Å². The van der Waals surface area contributed by atoms with Crippen molar-refractivity contribution in [1.82, 2.24) is 10.6 Å². The first kappa shape index (κ1) is 20.1. The molecule has 2 rings (SSSR count). The summed E-state index contributed by atoms with van der Waals surface area (Å²) in [5.41, 5.74) is 1.09. The molecule has 0 aliphatic heterocycles. The topological polar surface area (TPSA) is 84.5 Å². The number of methoxy groups -OCH3 is 1. The maximum Gasteiger partial charge on any atom is 0.307 e. The molecule has 7 heteroatoms. The lowest BCUT2D eigenvalue weighted by Gasteiger charge is -2.18. The van der Waals surface area contributed by atoms with Crippen LogP contribution in [0.1, 0.15) is 34.8 Å². The van der Waals surface area contributed by atoms with Crippen molar-refractivity contribution >= 4 is 17.8 Å². The molecule has 0 aliphatic rings. The quantitative estimate of drug-likeness (QED) is 0.697. The lowest BCUT2D eigenvalue weighted by Crippen LogP contribution is -2.34. The van der Waals surface area contributed by atoms with Gasteiger partial charge in [-0.1, -0.05) is 30.3 Å². The minimum atomic E-state index is -0.643. The molecule has 0 heterocycles. The highest BCUT2D eigenvalue weighted by Gasteiger charge is 2.19. The molecule has 0 aromatic heterocycles. The Morgan fingerprint density at radius 1 is 1.04 bits per heavy atom. The Labute approximate surface area is 156 Å². The number of esters is 1. The molecule has 1 atom stereocenters. The van der Waals surface area contributed by atoms with E-state index in [1.54, 1.807) is 30.3 Å². The van der Waals surface area contributed by atoms with Crippen LogP contribution in [0.25, 0.3) is 0 Å². The second-order valence-electron chi connectivity index (χ2n) is 5.82. The molecule has 0 spiro atoms.